The molecule has 0 amide bonds. The predicted octanol–water partition coefficient (Wildman–Crippen LogP) is 0.923. The van der Waals surface area contributed by atoms with E-state index in [1.165, 1.54) is 0 Å². The van der Waals surface area contributed by atoms with E-state index in [1.54, 1.807) is 0 Å². The van der Waals surface area contributed by atoms with Crippen molar-refractivity contribution >= 4 is 0 Å². The minimum Gasteiger partial charge on any atom is -0.393 e. The first-order valence-corrected chi connectivity index (χ1v) is 3.81. The predicted molar refractivity (Wildman–Crippen MR) is 44.0 cm³/mol. The largest absolute Gasteiger partial charge is 0.393 e. The zero-order valence-corrected chi connectivity index (χ0v) is 6.64. The van der Waals surface area contributed by atoms with Crippen LogP contribution in [0, 0.1) is 0 Å². The van der Waals surface area contributed by atoms with Crippen LogP contribution in [0.2, 0.25) is 0 Å². The van der Waals surface area contributed by atoms with Crippen LogP contribution >= 0.6 is 0 Å². The van der Waals surface area contributed by atoms with Crippen LogP contribution in [0.5, 0.6) is 0 Å². The van der Waals surface area contributed by atoms with E-state index in [4.69, 9.17) is 5.11 Å². The maximum Gasteiger partial charge on any atom is 0.0549 e. The van der Waals surface area contributed by atoms with Gasteiger partial charge in [-0.25, -0.2) is 0 Å². The third-order valence-electron chi connectivity index (χ3n) is 1.41. The Morgan fingerprint density at radius 1 is 1.70 bits per heavy atom. The number of nitrogens with one attached hydrogen (secondary N) is 1. The number of hydrogen-bond donors (Lipinski definition) is 2. The van der Waals surface area contributed by atoms with Crippen molar-refractivity contribution in [3.63, 3.8) is 0 Å². The maximum absolute atomic E-state index is 9.09. The van der Waals surface area contributed by atoms with E-state index >= 15 is 0 Å². The van der Waals surface area contributed by atoms with Crippen molar-refractivity contribution in [3.05, 3.63) is 12.7 Å². The molecule has 0 aromatic carbocycles. The highest BCUT2D eigenvalue weighted by atomic mass is 16.3. The zero-order chi connectivity index (χ0) is 7.82. The van der Waals surface area contributed by atoms with Gasteiger partial charge < -0.3 is 10.4 Å². The van der Waals surface area contributed by atoms with Crippen LogP contribution in [0.25, 0.3) is 0 Å². The van der Waals surface area contributed by atoms with Crippen LogP contribution in [0.1, 0.15) is 19.8 Å². The molecule has 0 saturated carbocycles. The van der Waals surface area contributed by atoms with E-state index in [9.17, 15) is 0 Å². The summed E-state index contributed by atoms with van der Waals surface area (Å²) in [4.78, 5) is 0. The van der Waals surface area contributed by atoms with Gasteiger partial charge in [-0.1, -0.05) is 13.0 Å². The third-order valence-corrected chi connectivity index (χ3v) is 1.41. The molecule has 0 aliphatic rings. The zero-order valence-electron chi connectivity index (χ0n) is 6.64. The van der Waals surface area contributed by atoms with Crippen molar-refractivity contribution < 1.29 is 5.11 Å². The second-order valence-corrected chi connectivity index (χ2v) is 2.34. The summed E-state index contributed by atoms with van der Waals surface area (Å²) >= 11 is 0. The van der Waals surface area contributed by atoms with Gasteiger partial charge in [-0.05, 0) is 19.4 Å². The lowest BCUT2D eigenvalue weighted by Gasteiger charge is -2.06. The van der Waals surface area contributed by atoms with Crippen molar-refractivity contribution in [3.8, 4) is 0 Å². The molecule has 0 saturated heterocycles. The van der Waals surface area contributed by atoms with Gasteiger partial charge in [0.2, 0.25) is 0 Å². The Kier molecular flexibility index (Phi) is 6.55. The van der Waals surface area contributed by atoms with Crippen LogP contribution in [0.15, 0.2) is 12.7 Å². The van der Waals surface area contributed by atoms with Gasteiger partial charge in [-0.2, -0.15) is 0 Å². The Hall–Kier alpha value is -0.340. The van der Waals surface area contributed by atoms with E-state index in [-0.39, 0.29) is 6.10 Å². The first-order chi connectivity index (χ1) is 4.81. The van der Waals surface area contributed by atoms with Crippen molar-refractivity contribution in [2.75, 3.05) is 13.1 Å². The molecule has 0 heterocycles. The molecule has 0 aliphatic heterocycles. The highest BCUT2D eigenvalue weighted by Gasteiger charge is 1.97. The summed E-state index contributed by atoms with van der Waals surface area (Å²) in [6.45, 7) is 7.26. The average Bonchev–Trinajstić information content (AvgIpc) is 1.98. The van der Waals surface area contributed by atoms with Gasteiger partial charge in [0.15, 0.2) is 0 Å². The first kappa shape index (κ1) is 9.66. The third kappa shape index (κ3) is 5.79. The number of aliphatic hydroxyl groups excluding tert-OH is 1. The molecule has 0 rings (SSSR count). The fraction of sp³-hybridized carbons (Fsp3) is 0.750. The second kappa shape index (κ2) is 6.78. The fourth-order valence-electron chi connectivity index (χ4n) is 0.677. The summed E-state index contributed by atoms with van der Waals surface area (Å²) in [6, 6.07) is 0. The molecule has 2 nitrogen and oxygen atoms in total. The lowest BCUT2D eigenvalue weighted by molar-refractivity contribution is 0.160. The number of aliphatic hydroxyl groups is 1. The lowest BCUT2D eigenvalue weighted by Crippen LogP contribution is -2.19. The average molecular weight is 143 g/mol. The van der Waals surface area contributed by atoms with Crippen LogP contribution < -0.4 is 5.32 Å². The van der Waals surface area contributed by atoms with Gasteiger partial charge in [-0.3, -0.25) is 0 Å². The Balaban J connectivity index is 2.95. The number of rotatable bonds is 6. The number of hydrogen-bond acceptors (Lipinski definition) is 2. The monoisotopic (exact) mass is 143 g/mol. The van der Waals surface area contributed by atoms with Gasteiger partial charge in [-0.15, -0.1) is 6.58 Å². The molecule has 1 unspecified atom stereocenters. The van der Waals surface area contributed by atoms with Crippen molar-refractivity contribution in [2.45, 2.75) is 25.9 Å². The highest BCUT2D eigenvalue weighted by Crippen LogP contribution is 1.93. The van der Waals surface area contributed by atoms with Gasteiger partial charge >= 0.3 is 0 Å². The Labute approximate surface area is 62.9 Å². The smallest absolute Gasteiger partial charge is 0.0549 e. The van der Waals surface area contributed by atoms with Crippen molar-refractivity contribution in [2.24, 2.45) is 0 Å². The minimum atomic E-state index is -0.141. The quantitative estimate of drug-likeness (QED) is 0.428. The molecule has 1 atom stereocenters. The molecule has 0 fully saturated rings. The van der Waals surface area contributed by atoms with E-state index in [0.29, 0.717) is 0 Å². The molecule has 2 N–H and O–H groups in total. The molecular weight excluding hydrogens is 126 g/mol. The summed E-state index contributed by atoms with van der Waals surface area (Å²) in [6.07, 6.45) is 3.36. The fourth-order valence-corrected chi connectivity index (χ4v) is 0.677. The maximum atomic E-state index is 9.09. The molecule has 2 heteroatoms. The summed E-state index contributed by atoms with van der Waals surface area (Å²) in [5, 5.41) is 12.2. The molecule has 0 aromatic rings. The topological polar surface area (TPSA) is 32.3 Å². The molecule has 0 spiro atoms. The van der Waals surface area contributed by atoms with Crippen LogP contribution in [0.4, 0.5) is 0 Å². The normalized spacial score (nSPS) is 13.0. The van der Waals surface area contributed by atoms with Crippen LogP contribution in [-0.2, 0) is 0 Å². The molecule has 0 radical (unpaired) electrons. The van der Waals surface area contributed by atoms with Crippen molar-refractivity contribution in [1.29, 1.82) is 0 Å². The lowest BCUT2D eigenvalue weighted by atomic mass is 10.2. The standard InChI is InChI=1S/C8H17NO/c1-3-6-9-7-5-8(10)4-2/h3,8-10H,1,4-7H2,2H3. The summed E-state index contributed by atoms with van der Waals surface area (Å²) < 4.78 is 0. The molecule has 10 heavy (non-hydrogen) atoms. The van der Waals surface area contributed by atoms with Crippen LogP contribution in [0.3, 0.4) is 0 Å². The molecular formula is C8H17NO. The second-order valence-electron chi connectivity index (χ2n) is 2.34. The van der Waals surface area contributed by atoms with Gasteiger partial charge in [0.1, 0.15) is 0 Å². The summed E-state index contributed by atoms with van der Waals surface area (Å²) in [5.41, 5.74) is 0. The van der Waals surface area contributed by atoms with Crippen molar-refractivity contribution in [1.82, 2.24) is 5.32 Å². The Morgan fingerprint density at radius 2 is 2.40 bits per heavy atom. The molecule has 60 valence electrons. The van der Waals surface area contributed by atoms with E-state index < -0.39 is 0 Å². The Bertz CT molecular complexity index is 83.3. The van der Waals surface area contributed by atoms with E-state index in [0.717, 1.165) is 25.9 Å². The summed E-state index contributed by atoms with van der Waals surface area (Å²) in [7, 11) is 0. The first-order valence-electron chi connectivity index (χ1n) is 3.81. The van der Waals surface area contributed by atoms with Gasteiger partial charge in [0.25, 0.3) is 0 Å². The van der Waals surface area contributed by atoms with Crippen LogP contribution in [-0.4, -0.2) is 24.3 Å². The highest BCUT2D eigenvalue weighted by molar-refractivity contribution is 4.69. The molecule has 0 aromatic heterocycles. The Morgan fingerprint density at radius 3 is 2.90 bits per heavy atom. The molecule has 0 aliphatic carbocycles. The molecule has 0 bridgehead atoms. The van der Waals surface area contributed by atoms with E-state index in [1.807, 2.05) is 13.0 Å². The van der Waals surface area contributed by atoms with E-state index in [2.05, 4.69) is 11.9 Å². The SMILES string of the molecule is C=CCNCCC(O)CC. The van der Waals surface area contributed by atoms with Gasteiger partial charge in [0.05, 0.1) is 6.10 Å². The minimum absolute atomic E-state index is 0.141. The van der Waals surface area contributed by atoms with Gasteiger partial charge in [0, 0.05) is 6.54 Å². The summed E-state index contributed by atoms with van der Waals surface area (Å²) in [5.74, 6) is 0.